The summed E-state index contributed by atoms with van der Waals surface area (Å²) in [4.78, 5) is 25.7. The molecule has 0 aliphatic rings. The van der Waals surface area contributed by atoms with Gasteiger partial charge >= 0.3 is 5.97 Å². The SMILES string of the molecule is CC(C)CCOC(C)C(=O)OCC(=O)N(CCC#N)c1ccccc1. The van der Waals surface area contributed by atoms with Crippen molar-refractivity contribution in [3.63, 3.8) is 0 Å². The van der Waals surface area contributed by atoms with Crippen molar-refractivity contribution in [3.8, 4) is 6.07 Å². The quantitative estimate of drug-likeness (QED) is 0.609. The molecule has 1 atom stereocenters. The summed E-state index contributed by atoms with van der Waals surface area (Å²) in [5.41, 5.74) is 0.667. The van der Waals surface area contributed by atoms with E-state index in [1.165, 1.54) is 4.90 Å². The van der Waals surface area contributed by atoms with Crippen molar-refractivity contribution in [3.05, 3.63) is 30.3 Å². The van der Waals surface area contributed by atoms with E-state index in [1.54, 1.807) is 31.2 Å². The van der Waals surface area contributed by atoms with E-state index in [1.807, 2.05) is 12.1 Å². The zero-order valence-electron chi connectivity index (χ0n) is 15.1. The molecule has 1 aromatic rings. The second-order valence-electron chi connectivity index (χ2n) is 6.09. The summed E-state index contributed by atoms with van der Waals surface area (Å²) in [6.45, 7) is 6.10. The van der Waals surface area contributed by atoms with Crippen LogP contribution < -0.4 is 4.90 Å². The van der Waals surface area contributed by atoms with E-state index in [4.69, 9.17) is 14.7 Å². The molecule has 136 valence electrons. The Balaban J connectivity index is 2.53. The van der Waals surface area contributed by atoms with Gasteiger partial charge in [0.2, 0.25) is 0 Å². The van der Waals surface area contributed by atoms with E-state index in [2.05, 4.69) is 13.8 Å². The van der Waals surface area contributed by atoms with Crippen LogP contribution in [0.15, 0.2) is 30.3 Å². The fourth-order valence-electron chi connectivity index (χ4n) is 2.04. The molecule has 1 unspecified atom stereocenters. The van der Waals surface area contributed by atoms with Crippen LogP contribution in [-0.2, 0) is 19.1 Å². The third-order valence-corrected chi connectivity index (χ3v) is 3.55. The molecule has 0 aliphatic carbocycles. The number of hydrogen-bond donors (Lipinski definition) is 0. The Hall–Kier alpha value is -2.39. The Bertz CT molecular complexity index is 581. The predicted octanol–water partition coefficient (Wildman–Crippen LogP) is 2.93. The first kappa shape index (κ1) is 20.7. The van der Waals surface area contributed by atoms with Gasteiger partial charge in [0, 0.05) is 18.8 Å². The fourth-order valence-corrected chi connectivity index (χ4v) is 2.04. The Morgan fingerprint density at radius 2 is 1.88 bits per heavy atom. The summed E-state index contributed by atoms with van der Waals surface area (Å²) >= 11 is 0. The van der Waals surface area contributed by atoms with Crippen molar-refractivity contribution in [1.82, 2.24) is 0 Å². The lowest BCUT2D eigenvalue weighted by atomic mass is 10.1. The van der Waals surface area contributed by atoms with Gasteiger partial charge in [-0.25, -0.2) is 4.79 Å². The van der Waals surface area contributed by atoms with Gasteiger partial charge in [-0.3, -0.25) is 4.79 Å². The average molecular weight is 346 g/mol. The number of carbonyl (C=O) groups is 2. The van der Waals surface area contributed by atoms with Gasteiger partial charge < -0.3 is 14.4 Å². The highest BCUT2D eigenvalue weighted by atomic mass is 16.6. The van der Waals surface area contributed by atoms with E-state index in [-0.39, 0.29) is 25.5 Å². The van der Waals surface area contributed by atoms with Gasteiger partial charge in [0.1, 0.15) is 0 Å². The maximum atomic E-state index is 12.4. The Labute approximate surface area is 149 Å². The molecule has 6 nitrogen and oxygen atoms in total. The van der Waals surface area contributed by atoms with Crippen LogP contribution in [0.3, 0.4) is 0 Å². The molecule has 25 heavy (non-hydrogen) atoms. The molecule has 0 aliphatic heterocycles. The standard InChI is InChI=1S/C19H26N2O4/c1-15(2)10-13-24-16(3)19(23)25-14-18(22)21(12-7-11-20)17-8-5-4-6-9-17/h4-6,8-9,15-16H,7,10,12-14H2,1-3H3. The minimum atomic E-state index is -0.712. The van der Waals surface area contributed by atoms with Crippen molar-refractivity contribution in [2.45, 2.75) is 39.7 Å². The smallest absolute Gasteiger partial charge is 0.335 e. The molecule has 1 rings (SSSR count). The van der Waals surface area contributed by atoms with Gasteiger partial charge in [0.15, 0.2) is 12.7 Å². The molecule has 1 amide bonds. The number of ether oxygens (including phenoxy) is 2. The number of para-hydroxylation sites is 1. The zero-order valence-corrected chi connectivity index (χ0v) is 15.1. The van der Waals surface area contributed by atoms with Crippen molar-refractivity contribution >= 4 is 17.6 Å². The largest absolute Gasteiger partial charge is 0.454 e. The van der Waals surface area contributed by atoms with Crippen LogP contribution in [0.25, 0.3) is 0 Å². The minimum absolute atomic E-state index is 0.198. The van der Waals surface area contributed by atoms with E-state index in [0.717, 1.165) is 6.42 Å². The highest BCUT2D eigenvalue weighted by Gasteiger charge is 2.20. The summed E-state index contributed by atoms with van der Waals surface area (Å²) in [6, 6.07) is 11.0. The zero-order chi connectivity index (χ0) is 18.7. The van der Waals surface area contributed by atoms with E-state index >= 15 is 0 Å². The van der Waals surface area contributed by atoms with E-state index < -0.39 is 12.1 Å². The molecular formula is C19H26N2O4. The summed E-state index contributed by atoms with van der Waals surface area (Å²) in [5, 5.41) is 8.77. The number of amides is 1. The summed E-state index contributed by atoms with van der Waals surface area (Å²) in [5.74, 6) is -0.445. The van der Waals surface area contributed by atoms with Gasteiger partial charge in [-0.1, -0.05) is 32.0 Å². The van der Waals surface area contributed by atoms with Gasteiger partial charge in [0.25, 0.3) is 5.91 Å². The van der Waals surface area contributed by atoms with Crippen LogP contribution in [0, 0.1) is 17.2 Å². The third-order valence-electron chi connectivity index (χ3n) is 3.55. The molecule has 0 radical (unpaired) electrons. The first-order chi connectivity index (χ1) is 12.0. The first-order valence-electron chi connectivity index (χ1n) is 8.46. The van der Waals surface area contributed by atoms with Gasteiger partial charge in [-0.15, -0.1) is 0 Å². The fraction of sp³-hybridized carbons (Fsp3) is 0.526. The van der Waals surface area contributed by atoms with Crippen molar-refractivity contribution in [1.29, 1.82) is 5.26 Å². The van der Waals surface area contributed by atoms with Crippen LogP contribution in [0.2, 0.25) is 0 Å². The lowest BCUT2D eigenvalue weighted by Crippen LogP contribution is -2.36. The van der Waals surface area contributed by atoms with Crippen LogP contribution in [0.4, 0.5) is 5.69 Å². The highest BCUT2D eigenvalue weighted by molar-refractivity contribution is 5.95. The molecule has 0 fully saturated rings. The summed E-state index contributed by atoms with van der Waals surface area (Å²) in [6.07, 6.45) is 0.339. The maximum Gasteiger partial charge on any atom is 0.335 e. The maximum absolute atomic E-state index is 12.4. The van der Waals surface area contributed by atoms with Gasteiger partial charge in [-0.2, -0.15) is 5.26 Å². The van der Waals surface area contributed by atoms with E-state index in [0.29, 0.717) is 18.2 Å². The number of benzene rings is 1. The second kappa shape index (κ2) is 11.2. The topological polar surface area (TPSA) is 79.6 Å². The number of hydrogen-bond acceptors (Lipinski definition) is 5. The molecule has 0 bridgehead atoms. The molecular weight excluding hydrogens is 320 g/mol. The summed E-state index contributed by atoms with van der Waals surface area (Å²) in [7, 11) is 0. The van der Waals surface area contributed by atoms with Crippen molar-refractivity contribution in [2.75, 3.05) is 24.7 Å². The second-order valence-corrected chi connectivity index (χ2v) is 6.09. The van der Waals surface area contributed by atoms with Crippen molar-refractivity contribution in [2.24, 2.45) is 5.92 Å². The monoisotopic (exact) mass is 346 g/mol. The molecule has 0 saturated heterocycles. The molecule has 0 N–H and O–H groups in total. The van der Waals surface area contributed by atoms with Crippen LogP contribution in [0.5, 0.6) is 0 Å². The van der Waals surface area contributed by atoms with Crippen LogP contribution in [0.1, 0.15) is 33.6 Å². The lowest BCUT2D eigenvalue weighted by molar-refractivity contribution is -0.158. The number of carbonyl (C=O) groups excluding carboxylic acids is 2. The molecule has 0 aromatic heterocycles. The molecule has 0 spiro atoms. The molecule has 6 heteroatoms. The number of rotatable bonds is 10. The highest BCUT2D eigenvalue weighted by Crippen LogP contribution is 2.14. The van der Waals surface area contributed by atoms with Crippen molar-refractivity contribution < 1.29 is 19.1 Å². The number of esters is 1. The van der Waals surface area contributed by atoms with Crippen LogP contribution >= 0.6 is 0 Å². The van der Waals surface area contributed by atoms with Crippen LogP contribution in [-0.4, -0.2) is 37.7 Å². The Morgan fingerprint density at radius 3 is 2.48 bits per heavy atom. The minimum Gasteiger partial charge on any atom is -0.454 e. The first-order valence-corrected chi connectivity index (χ1v) is 8.46. The molecule has 0 saturated carbocycles. The Kier molecular flexibility index (Phi) is 9.26. The average Bonchev–Trinajstić information content (AvgIpc) is 2.60. The Morgan fingerprint density at radius 1 is 1.20 bits per heavy atom. The summed E-state index contributed by atoms with van der Waals surface area (Å²) < 4.78 is 10.5. The number of nitrogens with zero attached hydrogens (tertiary/aromatic N) is 2. The number of anilines is 1. The normalized spacial score (nSPS) is 11.6. The van der Waals surface area contributed by atoms with Gasteiger partial charge in [0.05, 0.1) is 12.5 Å². The third kappa shape index (κ3) is 7.81. The lowest BCUT2D eigenvalue weighted by Gasteiger charge is -2.22. The molecule has 0 heterocycles. The van der Waals surface area contributed by atoms with E-state index in [9.17, 15) is 9.59 Å². The predicted molar refractivity (Wildman–Crippen MR) is 94.9 cm³/mol. The molecule has 1 aromatic carbocycles. The number of nitriles is 1. The van der Waals surface area contributed by atoms with Gasteiger partial charge in [-0.05, 0) is 31.4 Å².